The van der Waals surface area contributed by atoms with Gasteiger partial charge in [-0.15, -0.1) is 0 Å². The quantitative estimate of drug-likeness (QED) is 0.124. The highest BCUT2D eigenvalue weighted by atomic mass is 16.2. The second kappa shape index (κ2) is 19.4. The Morgan fingerprint density at radius 2 is 1.02 bits per heavy atom. The second-order valence-corrected chi connectivity index (χ2v) is 14.1. The summed E-state index contributed by atoms with van der Waals surface area (Å²) in [5, 5.41) is 5.99. The van der Waals surface area contributed by atoms with Crippen LogP contribution in [0.5, 0.6) is 0 Å². The first kappa shape index (κ1) is 39.5. The largest absolute Gasteiger partial charge is 0.325 e. The number of rotatable bonds is 14. The molecule has 288 valence electrons. The van der Waals surface area contributed by atoms with Gasteiger partial charge in [-0.05, 0) is 86.1 Å². The van der Waals surface area contributed by atoms with Gasteiger partial charge in [0.15, 0.2) is 0 Å². The molecule has 56 heavy (non-hydrogen) atoms. The highest BCUT2D eigenvalue weighted by molar-refractivity contribution is 6.03. The van der Waals surface area contributed by atoms with Crippen molar-refractivity contribution < 1.29 is 19.2 Å². The van der Waals surface area contributed by atoms with Crippen LogP contribution in [-0.2, 0) is 9.59 Å². The zero-order valence-electron chi connectivity index (χ0n) is 32.2. The van der Waals surface area contributed by atoms with Crippen LogP contribution >= 0.6 is 0 Å². The predicted octanol–water partition coefficient (Wildman–Crippen LogP) is 8.76. The maximum Gasteiger partial charge on any atom is 0.273 e. The summed E-state index contributed by atoms with van der Waals surface area (Å²) < 4.78 is 0. The lowest BCUT2D eigenvalue weighted by atomic mass is 10.1. The molecule has 2 aliphatic rings. The van der Waals surface area contributed by atoms with Crippen LogP contribution in [0.25, 0.3) is 24.3 Å². The van der Waals surface area contributed by atoms with E-state index in [1.54, 1.807) is 22.2 Å². The predicted molar refractivity (Wildman–Crippen MR) is 224 cm³/mol. The summed E-state index contributed by atoms with van der Waals surface area (Å²) in [4.78, 5) is 65.9. The van der Waals surface area contributed by atoms with Gasteiger partial charge in [-0.1, -0.05) is 99.5 Å². The van der Waals surface area contributed by atoms with Crippen molar-refractivity contribution in [1.82, 2.24) is 19.8 Å². The molecule has 10 nitrogen and oxygen atoms in total. The fourth-order valence-electron chi connectivity index (χ4n) is 7.05. The number of carbonyl (C=O) groups excluding carboxylic acids is 4. The molecule has 0 saturated carbocycles. The van der Waals surface area contributed by atoms with Crippen LogP contribution < -0.4 is 10.6 Å². The van der Waals surface area contributed by atoms with E-state index in [-0.39, 0.29) is 23.6 Å². The highest BCUT2D eigenvalue weighted by Crippen LogP contribution is 2.25. The van der Waals surface area contributed by atoms with Gasteiger partial charge in [0, 0.05) is 48.0 Å². The minimum atomic E-state index is -0.568. The standard InChI is InChI=1S/C46H50N6O4/c1-3-5-7-13-35-15-9-29-47-41(35)45(55)51-31-11-17-39(51)43(53)49-37-25-21-33(22-26-37)19-20-34-23-27-38(28-24-34)50-44(54)40-18-12-32-52(40)46(56)42-36(14-8-6-4-2)16-10-30-48-42/h7-10,13-16,19-30,39-40H,3-6,11-12,17-18,31-32H2,1-2H3,(H,49,53)(H,50,54)/t39-,40-/m0/s1. The van der Waals surface area contributed by atoms with Crippen molar-refractivity contribution in [3.05, 3.63) is 131 Å². The third-order valence-corrected chi connectivity index (χ3v) is 10.0. The molecular weight excluding hydrogens is 701 g/mol. The van der Waals surface area contributed by atoms with E-state index in [4.69, 9.17) is 0 Å². The number of nitrogens with zero attached hydrogens (tertiary/aromatic N) is 4. The maximum absolute atomic E-state index is 13.5. The van der Waals surface area contributed by atoms with Crippen molar-refractivity contribution >= 4 is 59.3 Å². The van der Waals surface area contributed by atoms with E-state index in [1.165, 1.54) is 0 Å². The number of benzene rings is 2. The van der Waals surface area contributed by atoms with E-state index >= 15 is 0 Å². The van der Waals surface area contributed by atoms with Gasteiger partial charge in [-0.2, -0.15) is 0 Å². The Labute approximate surface area is 329 Å². The van der Waals surface area contributed by atoms with E-state index in [0.717, 1.165) is 60.8 Å². The first-order valence-corrected chi connectivity index (χ1v) is 19.7. The molecule has 4 heterocycles. The highest BCUT2D eigenvalue weighted by Gasteiger charge is 2.37. The van der Waals surface area contributed by atoms with Crippen LogP contribution in [0.3, 0.4) is 0 Å². The van der Waals surface area contributed by atoms with E-state index in [0.29, 0.717) is 48.7 Å². The Morgan fingerprint density at radius 1 is 0.607 bits per heavy atom. The van der Waals surface area contributed by atoms with Crippen LogP contribution in [0.2, 0.25) is 0 Å². The Morgan fingerprint density at radius 3 is 1.41 bits per heavy atom. The summed E-state index contributed by atoms with van der Waals surface area (Å²) in [6.45, 7) is 5.22. The number of unbranched alkanes of at least 4 members (excludes halogenated alkanes) is 2. The van der Waals surface area contributed by atoms with Gasteiger partial charge in [-0.3, -0.25) is 29.1 Å². The second-order valence-electron chi connectivity index (χ2n) is 14.1. The molecule has 2 fully saturated rings. The molecule has 2 N–H and O–H groups in total. The summed E-state index contributed by atoms with van der Waals surface area (Å²) in [5.74, 6) is -0.882. The smallest absolute Gasteiger partial charge is 0.273 e. The Hall–Kier alpha value is -6.16. The van der Waals surface area contributed by atoms with Crippen molar-refractivity contribution in [2.45, 2.75) is 77.3 Å². The van der Waals surface area contributed by atoms with Gasteiger partial charge >= 0.3 is 0 Å². The number of hydrogen-bond acceptors (Lipinski definition) is 6. The molecule has 2 atom stereocenters. The topological polar surface area (TPSA) is 125 Å². The molecule has 10 heteroatoms. The van der Waals surface area contributed by atoms with Crippen molar-refractivity contribution in [3.8, 4) is 0 Å². The van der Waals surface area contributed by atoms with Crippen LogP contribution in [-0.4, -0.2) is 68.6 Å². The molecule has 2 saturated heterocycles. The van der Waals surface area contributed by atoms with Crippen LogP contribution in [0.4, 0.5) is 11.4 Å². The number of carbonyl (C=O) groups is 4. The monoisotopic (exact) mass is 750 g/mol. The number of hydrogen-bond donors (Lipinski definition) is 2. The average Bonchev–Trinajstić information content (AvgIpc) is 3.93. The molecule has 2 aliphatic heterocycles. The molecule has 0 unspecified atom stereocenters. The summed E-state index contributed by atoms with van der Waals surface area (Å²) in [5.41, 5.74) is 5.44. The fraction of sp³-hybridized carbons (Fsp3) is 0.304. The fourth-order valence-corrected chi connectivity index (χ4v) is 7.05. The number of anilines is 2. The van der Waals surface area contributed by atoms with E-state index < -0.39 is 12.1 Å². The number of likely N-dealkylation sites (tertiary alicyclic amines) is 2. The number of pyridine rings is 2. The van der Waals surface area contributed by atoms with Crippen molar-refractivity contribution in [2.24, 2.45) is 0 Å². The van der Waals surface area contributed by atoms with Crippen LogP contribution in [0.1, 0.15) is 108 Å². The van der Waals surface area contributed by atoms with Gasteiger partial charge in [0.2, 0.25) is 11.8 Å². The van der Waals surface area contributed by atoms with Gasteiger partial charge < -0.3 is 20.4 Å². The number of amides is 4. The third-order valence-electron chi connectivity index (χ3n) is 10.0. The maximum atomic E-state index is 13.5. The molecule has 0 aliphatic carbocycles. The van der Waals surface area contributed by atoms with Gasteiger partial charge in [0.1, 0.15) is 23.5 Å². The van der Waals surface area contributed by atoms with Crippen LogP contribution in [0, 0.1) is 0 Å². The normalized spacial score (nSPS) is 17.0. The number of nitrogens with one attached hydrogen (secondary N) is 2. The molecule has 2 aromatic carbocycles. The Bertz CT molecular complexity index is 1940. The Balaban J connectivity index is 1.02. The summed E-state index contributed by atoms with van der Waals surface area (Å²) in [6.07, 6.45) is 21.7. The van der Waals surface area contributed by atoms with E-state index in [1.807, 2.05) is 109 Å². The van der Waals surface area contributed by atoms with Gasteiger partial charge in [0.25, 0.3) is 11.8 Å². The summed E-state index contributed by atoms with van der Waals surface area (Å²) in [6, 6.07) is 21.3. The molecular formula is C46H50N6O4. The molecule has 0 radical (unpaired) electrons. The van der Waals surface area contributed by atoms with Gasteiger partial charge in [-0.25, -0.2) is 0 Å². The molecule has 6 rings (SSSR count). The average molecular weight is 751 g/mol. The molecule has 0 bridgehead atoms. The molecule has 4 aromatic rings. The Kier molecular flexibility index (Phi) is 13.7. The van der Waals surface area contributed by atoms with Gasteiger partial charge in [0.05, 0.1) is 0 Å². The van der Waals surface area contributed by atoms with Crippen molar-refractivity contribution in [3.63, 3.8) is 0 Å². The lowest BCUT2D eigenvalue weighted by Crippen LogP contribution is -2.43. The first-order chi connectivity index (χ1) is 27.4. The summed E-state index contributed by atoms with van der Waals surface area (Å²) >= 11 is 0. The van der Waals surface area contributed by atoms with Crippen molar-refractivity contribution in [2.75, 3.05) is 23.7 Å². The molecule has 0 spiro atoms. The minimum Gasteiger partial charge on any atom is -0.325 e. The van der Waals surface area contributed by atoms with E-state index in [9.17, 15) is 19.2 Å². The van der Waals surface area contributed by atoms with Crippen molar-refractivity contribution in [1.29, 1.82) is 0 Å². The number of aromatic nitrogens is 2. The zero-order chi connectivity index (χ0) is 39.3. The summed E-state index contributed by atoms with van der Waals surface area (Å²) in [7, 11) is 0. The molecule has 4 amide bonds. The third kappa shape index (κ3) is 9.92. The number of allylic oxidation sites excluding steroid dienone is 2. The van der Waals surface area contributed by atoms with Crippen LogP contribution in [0.15, 0.2) is 97.3 Å². The minimum absolute atomic E-state index is 0.213. The lowest BCUT2D eigenvalue weighted by Gasteiger charge is -2.24. The first-order valence-electron chi connectivity index (χ1n) is 19.7. The zero-order valence-corrected chi connectivity index (χ0v) is 32.2. The molecule has 2 aromatic heterocycles. The van der Waals surface area contributed by atoms with E-state index in [2.05, 4.69) is 34.4 Å². The lowest BCUT2D eigenvalue weighted by molar-refractivity contribution is -0.120. The SMILES string of the molecule is CCCC=Cc1cccnc1C(=O)N1CCC[C@H]1C(=O)Nc1ccc(C=Cc2ccc(NC(=O)[C@@H]3CCCN3C(=O)c3ncccc3C=CCCC)cc2)cc1.